The smallest absolute Gasteiger partial charge is 0.326 e. The summed E-state index contributed by atoms with van der Waals surface area (Å²) in [6, 6.07) is 8.57. The molecule has 19 heavy (non-hydrogen) atoms. The minimum Gasteiger partial charge on any atom is -0.480 e. The fourth-order valence-corrected chi connectivity index (χ4v) is 2.25. The Morgan fingerprint density at radius 1 is 1.26 bits per heavy atom. The van der Waals surface area contributed by atoms with Gasteiger partial charge in [-0.2, -0.15) is 0 Å². The zero-order valence-electron chi connectivity index (χ0n) is 10.4. The van der Waals surface area contributed by atoms with Gasteiger partial charge in [0.1, 0.15) is 6.04 Å². The van der Waals surface area contributed by atoms with E-state index in [0.717, 1.165) is 5.56 Å². The third-order valence-electron chi connectivity index (χ3n) is 3.23. The second kappa shape index (κ2) is 5.65. The van der Waals surface area contributed by atoms with Gasteiger partial charge in [-0.1, -0.05) is 30.3 Å². The predicted octanol–water partition coefficient (Wildman–Crippen LogP) is 0.874. The van der Waals surface area contributed by atoms with Crippen LogP contribution >= 0.6 is 0 Å². The van der Waals surface area contributed by atoms with Crippen molar-refractivity contribution in [1.82, 2.24) is 4.90 Å². The maximum Gasteiger partial charge on any atom is 0.326 e. The third-order valence-corrected chi connectivity index (χ3v) is 3.23. The lowest BCUT2D eigenvalue weighted by Gasteiger charge is -2.23. The summed E-state index contributed by atoms with van der Waals surface area (Å²) >= 11 is 0. The number of hydrogen-bond donors (Lipinski definition) is 1. The summed E-state index contributed by atoms with van der Waals surface area (Å²) in [7, 11) is 0. The molecule has 2 rings (SSSR count). The van der Waals surface area contributed by atoms with Crippen LogP contribution in [0.1, 0.15) is 18.4 Å². The van der Waals surface area contributed by atoms with E-state index >= 15 is 0 Å². The fourth-order valence-electron chi connectivity index (χ4n) is 2.25. The minimum absolute atomic E-state index is 0.0788. The first-order valence-electron chi connectivity index (χ1n) is 6.16. The highest BCUT2D eigenvalue weighted by molar-refractivity contribution is 6.06. The van der Waals surface area contributed by atoms with Gasteiger partial charge in [0, 0.05) is 0 Å². The van der Waals surface area contributed by atoms with Crippen LogP contribution < -0.4 is 0 Å². The topological polar surface area (TPSA) is 74.7 Å². The zero-order chi connectivity index (χ0) is 13.8. The van der Waals surface area contributed by atoms with Crippen molar-refractivity contribution in [2.75, 3.05) is 6.54 Å². The SMILES string of the molecule is O=C1CC(=O)N(C(CCc2ccccc2)C(=O)O)C1. The standard InChI is InChI=1S/C14H15NO4/c16-11-8-13(17)15(9-11)12(14(18)19)7-6-10-4-2-1-3-5-10/h1-5,12H,6-9H2,(H,18,19). The Kier molecular flexibility index (Phi) is 3.94. The van der Waals surface area contributed by atoms with Crippen molar-refractivity contribution >= 4 is 17.7 Å². The van der Waals surface area contributed by atoms with Crippen LogP contribution in [0.25, 0.3) is 0 Å². The molecule has 1 aromatic carbocycles. The van der Waals surface area contributed by atoms with Gasteiger partial charge in [-0.25, -0.2) is 4.79 Å². The molecule has 1 N–H and O–H groups in total. The van der Waals surface area contributed by atoms with Gasteiger partial charge in [0.2, 0.25) is 5.91 Å². The average Bonchev–Trinajstić information content (AvgIpc) is 2.70. The average molecular weight is 261 g/mol. The Morgan fingerprint density at radius 3 is 2.47 bits per heavy atom. The first kappa shape index (κ1) is 13.3. The Morgan fingerprint density at radius 2 is 1.95 bits per heavy atom. The highest BCUT2D eigenvalue weighted by atomic mass is 16.4. The molecule has 0 radical (unpaired) electrons. The first-order chi connectivity index (χ1) is 9.08. The highest BCUT2D eigenvalue weighted by Gasteiger charge is 2.36. The number of carbonyl (C=O) groups excluding carboxylic acids is 2. The number of carboxylic acids is 1. The lowest BCUT2D eigenvalue weighted by atomic mass is 10.0. The van der Waals surface area contributed by atoms with Crippen molar-refractivity contribution in [2.45, 2.75) is 25.3 Å². The molecule has 1 aromatic rings. The van der Waals surface area contributed by atoms with Crippen LogP contribution in [0, 0.1) is 0 Å². The molecule has 100 valence electrons. The molecular weight excluding hydrogens is 246 g/mol. The van der Waals surface area contributed by atoms with Crippen molar-refractivity contribution in [3.05, 3.63) is 35.9 Å². The van der Waals surface area contributed by atoms with E-state index in [2.05, 4.69) is 0 Å². The first-order valence-corrected chi connectivity index (χ1v) is 6.16. The number of aryl methyl sites for hydroxylation is 1. The number of Topliss-reactive ketones (excluding diaryl/α,β-unsaturated/α-hetero) is 1. The van der Waals surface area contributed by atoms with E-state index in [0.29, 0.717) is 12.8 Å². The summed E-state index contributed by atoms with van der Waals surface area (Å²) in [5.41, 5.74) is 1.02. The molecule has 5 heteroatoms. The van der Waals surface area contributed by atoms with Crippen molar-refractivity contribution in [2.24, 2.45) is 0 Å². The number of carbonyl (C=O) groups is 3. The maximum absolute atomic E-state index is 11.6. The summed E-state index contributed by atoms with van der Waals surface area (Å²) in [5, 5.41) is 9.21. The fraction of sp³-hybridized carbons (Fsp3) is 0.357. The van der Waals surface area contributed by atoms with Crippen molar-refractivity contribution in [3.63, 3.8) is 0 Å². The molecule has 0 saturated carbocycles. The van der Waals surface area contributed by atoms with Gasteiger partial charge < -0.3 is 10.0 Å². The summed E-state index contributed by atoms with van der Waals surface area (Å²) in [5.74, 6) is -1.65. The van der Waals surface area contributed by atoms with Gasteiger partial charge in [-0.15, -0.1) is 0 Å². The van der Waals surface area contributed by atoms with Crippen LogP contribution in [0.3, 0.4) is 0 Å². The van der Waals surface area contributed by atoms with Gasteiger partial charge in [-0.05, 0) is 18.4 Å². The molecule has 1 aliphatic heterocycles. The van der Waals surface area contributed by atoms with E-state index in [9.17, 15) is 19.5 Å². The monoisotopic (exact) mass is 261 g/mol. The zero-order valence-corrected chi connectivity index (χ0v) is 10.4. The Labute approximate surface area is 110 Å². The van der Waals surface area contributed by atoms with Gasteiger partial charge in [0.15, 0.2) is 5.78 Å². The summed E-state index contributed by atoms with van der Waals surface area (Å²) in [6.07, 6.45) is 0.712. The highest BCUT2D eigenvalue weighted by Crippen LogP contribution is 2.16. The molecular formula is C14H15NO4. The molecule has 0 bridgehead atoms. The Balaban J connectivity index is 2.03. The number of ketones is 1. The quantitative estimate of drug-likeness (QED) is 0.798. The van der Waals surface area contributed by atoms with E-state index < -0.39 is 12.0 Å². The molecule has 0 spiro atoms. The maximum atomic E-state index is 11.6. The normalized spacial score (nSPS) is 16.7. The van der Waals surface area contributed by atoms with E-state index in [1.165, 1.54) is 4.90 Å². The Bertz CT molecular complexity index is 497. The number of likely N-dealkylation sites (tertiary alicyclic amines) is 1. The second-order valence-corrected chi connectivity index (χ2v) is 4.62. The van der Waals surface area contributed by atoms with Crippen LogP contribution in [-0.2, 0) is 20.8 Å². The summed E-state index contributed by atoms with van der Waals surface area (Å²) in [6.45, 7) is -0.0788. The number of benzene rings is 1. The molecule has 1 fully saturated rings. The van der Waals surface area contributed by atoms with Gasteiger partial charge >= 0.3 is 5.97 Å². The van der Waals surface area contributed by atoms with E-state index in [1.807, 2.05) is 30.3 Å². The minimum atomic E-state index is -1.06. The molecule has 1 aliphatic rings. The molecule has 0 aliphatic carbocycles. The number of hydrogen-bond acceptors (Lipinski definition) is 3. The number of rotatable bonds is 5. The third kappa shape index (κ3) is 3.19. The van der Waals surface area contributed by atoms with Crippen molar-refractivity contribution in [3.8, 4) is 0 Å². The van der Waals surface area contributed by atoms with Crippen molar-refractivity contribution in [1.29, 1.82) is 0 Å². The molecule has 5 nitrogen and oxygen atoms in total. The molecule has 0 aromatic heterocycles. The number of aliphatic carboxylic acids is 1. The number of nitrogens with zero attached hydrogens (tertiary/aromatic N) is 1. The molecule has 1 amide bonds. The van der Waals surface area contributed by atoms with Crippen LogP contribution in [0.5, 0.6) is 0 Å². The number of carboxylic acid groups (broad SMARTS) is 1. The lowest BCUT2D eigenvalue weighted by molar-refractivity contribution is -0.148. The van der Waals surface area contributed by atoms with Crippen LogP contribution in [0.2, 0.25) is 0 Å². The number of amides is 1. The van der Waals surface area contributed by atoms with Crippen LogP contribution in [-0.4, -0.2) is 40.3 Å². The van der Waals surface area contributed by atoms with E-state index in [-0.39, 0.29) is 24.7 Å². The van der Waals surface area contributed by atoms with Crippen LogP contribution in [0.4, 0.5) is 0 Å². The molecule has 1 heterocycles. The van der Waals surface area contributed by atoms with Gasteiger partial charge in [-0.3, -0.25) is 9.59 Å². The van der Waals surface area contributed by atoms with E-state index in [4.69, 9.17) is 0 Å². The van der Waals surface area contributed by atoms with Gasteiger partial charge in [0.05, 0.1) is 13.0 Å². The van der Waals surface area contributed by atoms with Crippen LogP contribution in [0.15, 0.2) is 30.3 Å². The largest absolute Gasteiger partial charge is 0.480 e. The van der Waals surface area contributed by atoms with Crippen molar-refractivity contribution < 1.29 is 19.5 Å². The lowest BCUT2D eigenvalue weighted by Crippen LogP contribution is -2.42. The second-order valence-electron chi connectivity index (χ2n) is 4.62. The predicted molar refractivity (Wildman–Crippen MR) is 67.5 cm³/mol. The van der Waals surface area contributed by atoms with E-state index in [1.54, 1.807) is 0 Å². The molecule has 1 unspecified atom stereocenters. The summed E-state index contributed by atoms with van der Waals surface area (Å²) in [4.78, 5) is 35.2. The molecule has 1 saturated heterocycles. The van der Waals surface area contributed by atoms with Gasteiger partial charge in [0.25, 0.3) is 0 Å². The Hall–Kier alpha value is -2.17. The molecule has 1 atom stereocenters. The summed E-state index contributed by atoms with van der Waals surface area (Å²) < 4.78 is 0.